The van der Waals surface area contributed by atoms with Gasteiger partial charge in [0.05, 0.1) is 16.8 Å². The molecular formula is C31H31ClN2O6S. The molecule has 4 rings (SSSR count). The summed E-state index contributed by atoms with van der Waals surface area (Å²) < 4.78 is 33.0. The van der Waals surface area contributed by atoms with Crippen LogP contribution in [0.5, 0.6) is 5.75 Å². The van der Waals surface area contributed by atoms with Crippen molar-refractivity contribution in [1.82, 2.24) is 4.90 Å². The lowest BCUT2D eigenvalue weighted by molar-refractivity contribution is -0.144. The van der Waals surface area contributed by atoms with Crippen molar-refractivity contribution in [3.05, 3.63) is 87.9 Å². The fourth-order valence-corrected chi connectivity index (χ4v) is 5.51. The van der Waals surface area contributed by atoms with Crippen molar-refractivity contribution in [3.63, 3.8) is 0 Å². The predicted octanol–water partition coefficient (Wildman–Crippen LogP) is 5.84. The zero-order chi connectivity index (χ0) is 29.4. The number of nitriles is 1. The molecule has 0 spiro atoms. The number of carboxylic acids is 1. The molecule has 41 heavy (non-hydrogen) atoms. The second-order valence-corrected chi connectivity index (χ2v) is 11.8. The molecule has 0 unspecified atom stereocenters. The molecule has 1 fully saturated rings. The molecule has 214 valence electrons. The minimum absolute atomic E-state index is 0.0415. The molecule has 1 heterocycles. The van der Waals surface area contributed by atoms with Gasteiger partial charge in [-0.25, -0.2) is 0 Å². The van der Waals surface area contributed by atoms with Crippen molar-refractivity contribution >= 4 is 39.8 Å². The van der Waals surface area contributed by atoms with Crippen LogP contribution in [0.1, 0.15) is 41.5 Å². The third-order valence-corrected chi connectivity index (χ3v) is 7.73. The van der Waals surface area contributed by atoms with Gasteiger partial charge in [0.2, 0.25) is 0 Å². The smallest absolute Gasteiger partial charge is 0.320 e. The van der Waals surface area contributed by atoms with Crippen molar-refractivity contribution < 1.29 is 27.2 Å². The Morgan fingerprint density at radius 2 is 1.85 bits per heavy atom. The van der Waals surface area contributed by atoms with E-state index in [2.05, 4.69) is 6.07 Å². The summed E-state index contributed by atoms with van der Waals surface area (Å²) in [5.74, 6) is -0.519. The highest BCUT2D eigenvalue weighted by atomic mass is 35.5. The molecule has 0 radical (unpaired) electrons. The van der Waals surface area contributed by atoms with E-state index in [0.717, 1.165) is 46.9 Å². The molecule has 0 bridgehead atoms. The number of nitrogens with zero attached hydrogens (tertiary/aromatic N) is 2. The predicted molar refractivity (Wildman–Crippen MR) is 159 cm³/mol. The number of halogens is 1. The van der Waals surface area contributed by atoms with Gasteiger partial charge in [-0.1, -0.05) is 78.7 Å². The van der Waals surface area contributed by atoms with Crippen molar-refractivity contribution in [3.8, 4) is 22.9 Å². The standard InChI is InChI=1S/C31H31ClN2O6S/c1-41(37,38)40-17-16-39-30-19-24(25(18-28(30)32)21-34-15-6-5-12-29(34)31(35)36)14-13-23-10-7-11-26(27(23)20-33)22-8-3-2-4-9-22/h2-4,7-11,13-14,18-19,29H,5-6,12,15-17,21H2,1H3,(H,35,36)/b14-13+/t29-/m0/s1. The van der Waals surface area contributed by atoms with E-state index in [1.54, 1.807) is 12.1 Å². The maximum Gasteiger partial charge on any atom is 0.320 e. The fourth-order valence-electron chi connectivity index (χ4n) is 4.90. The molecule has 0 aliphatic carbocycles. The molecule has 1 aliphatic rings. The number of benzene rings is 3. The zero-order valence-electron chi connectivity index (χ0n) is 22.6. The Kier molecular flexibility index (Phi) is 10.2. The van der Waals surface area contributed by atoms with E-state index in [-0.39, 0.29) is 13.2 Å². The lowest BCUT2D eigenvalue weighted by Gasteiger charge is -2.33. The number of aliphatic carboxylic acids is 1. The number of likely N-dealkylation sites (tertiary alicyclic amines) is 1. The molecule has 8 nitrogen and oxygen atoms in total. The molecule has 1 atom stereocenters. The first-order valence-electron chi connectivity index (χ1n) is 13.2. The molecule has 3 aromatic carbocycles. The van der Waals surface area contributed by atoms with Crippen LogP contribution in [0, 0.1) is 11.3 Å². The average Bonchev–Trinajstić information content (AvgIpc) is 2.95. The van der Waals surface area contributed by atoms with Crippen molar-refractivity contribution in [1.29, 1.82) is 5.26 Å². The molecule has 0 amide bonds. The van der Waals surface area contributed by atoms with Crippen LogP contribution in [0.15, 0.2) is 60.7 Å². The largest absolute Gasteiger partial charge is 0.490 e. The van der Waals surface area contributed by atoms with Gasteiger partial charge in [0.25, 0.3) is 10.1 Å². The summed E-state index contributed by atoms with van der Waals surface area (Å²) in [6.45, 7) is 0.799. The maximum absolute atomic E-state index is 11.9. The highest BCUT2D eigenvalue weighted by molar-refractivity contribution is 7.85. The summed E-state index contributed by atoms with van der Waals surface area (Å²) in [6, 6.07) is 20.6. The van der Waals surface area contributed by atoms with E-state index in [9.17, 15) is 23.6 Å². The van der Waals surface area contributed by atoms with Crippen molar-refractivity contribution in [2.45, 2.75) is 31.8 Å². The van der Waals surface area contributed by atoms with Crippen LogP contribution >= 0.6 is 11.6 Å². The van der Waals surface area contributed by atoms with Crippen molar-refractivity contribution in [2.75, 3.05) is 26.0 Å². The molecule has 0 saturated carbocycles. The molecule has 1 saturated heterocycles. The van der Waals surface area contributed by atoms with Gasteiger partial charge in [-0.3, -0.25) is 13.9 Å². The van der Waals surface area contributed by atoms with Gasteiger partial charge in [-0.05, 0) is 53.8 Å². The van der Waals surface area contributed by atoms with E-state index in [4.69, 9.17) is 20.5 Å². The quantitative estimate of drug-likeness (QED) is 0.167. The minimum atomic E-state index is -3.61. The first-order chi connectivity index (χ1) is 19.7. The molecule has 10 heteroatoms. The Balaban J connectivity index is 1.69. The summed E-state index contributed by atoms with van der Waals surface area (Å²) in [4.78, 5) is 13.9. The van der Waals surface area contributed by atoms with Crippen LogP contribution in [-0.4, -0.2) is 56.4 Å². The first-order valence-corrected chi connectivity index (χ1v) is 15.4. The Labute approximate surface area is 245 Å². The van der Waals surface area contributed by atoms with Crippen LogP contribution in [0.25, 0.3) is 23.3 Å². The van der Waals surface area contributed by atoms with Gasteiger partial charge in [-0.2, -0.15) is 13.7 Å². The molecule has 0 aromatic heterocycles. The number of carboxylic acid groups (broad SMARTS) is 1. The van der Waals surface area contributed by atoms with E-state index in [1.807, 2.05) is 65.6 Å². The third-order valence-electron chi connectivity index (χ3n) is 6.84. The molecule has 3 aromatic rings. The Morgan fingerprint density at radius 3 is 2.56 bits per heavy atom. The van der Waals surface area contributed by atoms with E-state index in [0.29, 0.717) is 35.8 Å². The Hall–Kier alpha value is -3.68. The number of hydrogen-bond acceptors (Lipinski definition) is 7. The van der Waals surface area contributed by atoms with Crippen LogP contribution in [0.2, 0.25) is 5.02 Å². The number of ether oxygens (including phenoxy) is 1. The monoisotopic (exact) mass is 594 g/mol. The minimum Gasteiger partial charge on any atom is -0.490 e. The Bertz CT molecular complexity index is 1570. The highest BCUT2D eigenvalue weighted by Gasteiger charge is 2.29. The molecule has 1 N–H and O–H groups in total. The van der Waals surface area contributed by atoms with Crippen LogP contribution in [0.3, 0.4) is 0 Å². The SMILES string of the molecule is CS(=O)(=O)OCCOc1cc(/C=C/c2cccc(-c3ccccc3)c2C#N)c(CN2CCCC[C@H]2C(=O)O)cc1Cl. The van der Waals surface area contributed by atoms with E-state index < -0.39 is 22.1 Å². The fraction of sp³-hybridized carbons (Fsp3) is 0.290. The summed E-state index contributed by atoms with van der Waals surface area (Å²) in [6.07, 6.45) is 7.01. The third kappa shape index (κ3) is 8.18. The van der Waals surface area contributed by atoms with E-state index >= 15 is 0 Å². The summed E-state index contributed by atoms with van der Waals surface area (Å²) in [5.41, 5.74) is 4.54. The average molecular weight is 595 g/mol. The van der Waals surface area contributed by atoms with Gasteiger partial charge in [0.15, 0.2) is 0 Å². The highest BCUT2D eigenvalue weighted by Crippen LogP contribution is 2.33. The van der Waals surface area contributed by atoms with Gasteiger partial charge < -0.3 is 9.84 Å². The summed E-state index contributed by atoms with van der Waals surface area (Å²) >= 11 is 6.55. The van der Waals surface area contributed by atoms with Gasteiger partial charge in [-0.15, -0.1) is 0 Å². The first kappa shape index (κ1) is 30.3. The van der Waals surface area contributed by atoms with Gasteiger partial charge >= 0.3 is 5.97 Å². The maximum atomic E-state index is 11.9. The number of hydrogen-bond donors (Lipinski definition) is 1. The van der Waals surface area contributed by atoms with Gasteiger partial charge in [0, 0.05) is 12.1 Å². The number of rotatable bonds is 11. The second-order valence-electron chi connectivity index (χ2n) is 9.76. The zero-order valence-corrected chi connectivity index (χ0v) is 24.2. The van der Waals surface area contributed by atoms with Crippen LogP contribution in [0.4, 0.5) is 0 Å². The van der Waals surface area contributed by atoms with Crippen LogP contribution < -0.4 is 4.74 Å². The summed E-state index contributed by atoms with van der Waals surface area (Å²) in [7, 11) is -3.61. The normalized spacial score (nSPS) is 16.0. The topological polar surface area (TPSA) is 117 Å². The Morgan fingerprint density at radius 1 is 1.10 bits per heavy atom. The molecular weight excluding hydrogens is 564 g/mol. The number of piperidine rings is 1. The van der Waals surface area contributed by atoms with Gasteiger partial charge in [0.1, 0.15) is 31.1 Å². The number of carbonyl (C=O) groups is 1. The second kappa shape index (κ2) is 13.8. The lowest BCUT2D eigenvalue weighted by atomic mass is 9.95. The molecule has 1 aliphatic heterocycles. The van der Waals surface area contributed by atoms with Crippen LogP contribution in [-0.2, 0) is 25.6 Å². The summed E-state index contributed by atoms with van der Waals surface area (Å²) in [5, 5.41) is 20.1. The van der Waals surface area contributed by atoms with E-state index in [1.165, 1.54) is 0 Å². The van der Waals surface area contributed by atoms with Crippen molar-refractivity contribution in [2.24, 2.45) is 0 Å². The lowest BCUT2D eigenvalue weighted by Crippen LogP contribution is -2.44.